The van der Waals surface area contributed by atoms with Crippen molar-refractivity contribution in [2.75, 3.05) is 17.4 Å². The number of rotatable bonds is 3. The van der Waals surface area contributed by atoms with E-state index in [4.69, 9.17) is 21.5 Å². The van der Waals surface area contributed by atoms with E-state index in [1.807, 2.05) is 5.48 Å². The highest BCUT2D eigenvalue weighted by Crippen LogP contribution is 2.34. The van der Waals surface area contributed by atoms with Crippen molar-refractivity contribution >= 4 is 34.8 Å². The van der Waals surface area contributed by atoms with Gasteiger partial charge < -0.3 is 15.4 Å². The minimum Gasteiger partial charge on any atom is -0.482 e. The summed E-state index contributed by atoms with van der Waals surface area (Å²) in [6.07, 6.45) is 0. The fourth-order valence-electron chi connectivity index (χ4n) is 2.37. The molecule has 0 saturated heterocycles. The molecule has 0 radical (unpaired) electrons. The maximum atomic E-state index is 12.6. The van der Waals surface area contributed by atoms with Crippen molar-refractivity contribution in [3.63, 3.8) is 0 Å². The molecular weight excluding hydrogens is 334 g/mol. The van der Waals surface area contributed by atoms with Crippen LogP contribution in [0.25, 0.3) is 0 Å². The number of benzene rings is 2. The van der Waals surface area contributed by atoms with Gasteiger partial charge in [0.1, 0.15) is 11.8 Å². The second-order valence-electron chi connectivity index (χ2n) is 5.13. The Kier molecular flexibility index (Phi) is 4.54. The van der Waals surface area contributed by atoms with Crippen LogP contribution in [0.2, 0.25) is 5.02 Å². The van der Waals surface area contributed by atoms with E-state index < -0.39 is 17.9 Å². The SMILES string of the molecule is O=C1COc2c(Cl)cccc2C(C(=O)Nc2ccc(NO)cc2)N1. The van der Waals surface area contributed by atoms with Gasteiger partial charge in [0.15, 0.2) is 6.61 Å². The molecule has 0 spiro atoms. The maximum absolute atomic E-state index is 12.6. The van der Waals surface area contributed by atoms with Crippen molar-refractivity contribution in [3.8, 4) is 5.75 Å². The lowest BCUT2D eigenvalue weighted by atomic mass is 10.0. The summed E-state index contributed by atoms with van der Waals surface area (Å²) in [4.78, 5) is 24.4. The van der Waals surface area contributed by atoms with Crippen molar-refractivity contribution in [1.82, 2.24) is 5.32 Å². The molecule has 1 aliphatic heterocycles. The molecule has 124 valence electrons. The molecule has 0 saturated carbocycles. The van der Waals surface area contributed by atoms with Crippen molar-refractivity contribution in [3.05, 3.63) is 53.1 Å². The minimum atomic E-state index is -0.927. The lowest BCUT2D eigenvalue weighted by Crippen LogP contribution is -2.37. The lowest BCUT2D eigenvalue weighted by molar-refractivity contribution is -0.127. The van der Waals surface area contributed by atoms with Crippen LogP contribution in [-0.2, 0) is 9.59 Å². The normalized spacial score (nSPS) is 16.2. The molecule has 3 rings (SSSR count). The molecule has 1 heterocycles. The first-order chi connectivity index (χ1) is 11.6. The summed E-state index contributed by atoms with van der Waals surface area (Å²) in [5.41, 5.74) is 3.49. The Bertz CT molecular complexity index is 779. The molecule has 2 aromatic rings. The Morgan fingerprint density at radius 1 is 1.21 bits per heavy atom. The summed E-state index contributed by atoms with van der Waals surface area (Å²) in [6.45, 7) is -0.211. The third-order valence-electron chi connectivity index (χ3n) is 3.51. The van der Waals surface area contributed by atoms with Gasteiger partial charge in [0, 0.05) is 11.3 Å². The molecule has 2 amide bonds. The molecule has 2 aromatic carbocycles. The van der Waals surface area contributed by atoms with Gasteiger partial charge in [0.2, 0.25) is 0 Å². The van der Waals surface area contributed by atoms with Gasteiger partial charge in [-0.3, -0.25) is 20.3 Å². The summed E-state index contributed by atoms with van der Waals surface area (Å²) in [5, 5.41) is 14.5. The van der Waals surface area contributed by atoms with Crippen molar-refractivity contribution in [2.24, 2.45) is 0 Å². The number of hydrogen-bond acceptors (Lipinski definition) is 5. The van der Waals surface area contributed by atoms with Gasteiger partial charge in [-0.05, 0) is 30.3 Å². The van der Waals surface area contributed by atoms with Gasteiger partial charge in [-0.2, -0.15) is 0 Å². The van der Waals surface area contributed by atoms with E-state index in [9.17, 15) is 9.59 Å². The Balaban J connectivity index is 1.87. The van der Waals surface area contributed by atoms with Crippen LogP contribution in [0.1, 0.15) is 11.6 Å². The monoisotopic (exact) mass is 347 g/mol. The van der Waals surface area contributed by atoms with Gasteiger partial charge in [-0.1, -0.05) is 23.7 Å². The summed E-state index contributed by atoms with van der Waals surface area (Å²) < 4.78 is 5.39. The van der Waals surface area contributed by atoms with Gasteiger partial charge in [0.25, 0.3) is 11.8 Å². The van der Waals surface area contributed by atoms with E-state index in [-0.39, 0.29) is 6.61 Å². The molecule has 24 heavy (non-hydrogen) atoms. The second-order valence-corrected chi connectivity index (χ2v) is 5.53. The van der Waals surface area contributed by atoms with Crippen molar-refractivity contribution in [1.29, 1.82) is 0 Å². The van der Waals surface area contributed by atoms with E-state index in [1.165, 1.54) is 0 Å². The standard InChI is InChI=1S/C16H14ClN3O4/c17-12-3-1-2-11-14(19-13(21)8-24-15(11)12)16(22)18-9-4-6-10(20-23)7-5-9/h1-7,14,20,23H,8H2,(H,18,22)(H,19,21). The number of carbonyl (C=O) groups excluding carboxylic acids is 2. The van der Waals surface area contributed by atoms with E-state index >= 15 is 0 Å². The van der Waals surface area contributed by atoms with Gasteiger partial charge in [-0.25, -0.2) is 0 Å². The number of nitrogens with one attached hydrogen (secondary N) is 3. The van der Waals surface area contributed by atoms with E-state index in [0.717, 1.165) is 0 Å². The molecule has 0 aliphatic carbocycles. The molecular formula is C16H14ClN3O4. The zero-order chi connectivity index (χ0) is 17.1. The third kappa shape index (κ3) is 3.27. The van der Waals surface area contributed by atoms with Crippen LogP contribution in [0, 0.1) is 0 Å². The quantitative estimate of drug-likeness (QED) is 0.639. The first kappa shape index (κ1) is 16.1. The fraction of sp³-hybridized carbons (Fsp3) is 0.125. The summed E-state index contributed by atoms with van der Waals surface area (Å²) in [6, 6.07) is 10.5. The Morgan fingerprint density at radius 3 is 2.62 bits per heavy atom. The Morgan fingerprint density at radius 2 is 1.92 bits per heavy atom. The fourth-order valence-corrected chi connectivity index (χ4v) is 2.61. The molecule has 1 aliphatic rings. The lowest BCUT2D eigenvalue weighted by Gasteiger charge is -2.17. The number of carbonyl (C=O) groups is 2. The maximum Gasteiger partial charge on any atom is 0.258 e. The van der Waals surface area contributed by atoms with Gasteiger partial charge in [0.05, 0.1) is 10.7 Å². The third-order valence-corrected chi connectivity index (χ3v) is 3.80. The average Bonchev–Trinajstić information content (AvgIpc) is 2.76. The van der Waals surface area contributed by atoms with Crippen molar-refractivity contribution < 1.29 is 19.5 Å². The topological polar surface area (TPSA) is 99.7 Å². The molecule has 0 aromatic heterocycles. The van der Waals surface area contributed by atoms with Crippen LogP contribution in [0.15, 0.2) is 42.5 Å². The molecule has 1 atom stereocenters. The molecule has 0 bridgehead atoms. The number of hydrogen-bond donors (Lipinski definition) is 4. The molecule has 7 nitrogen and oxygen atoms in total. The number of ether oxygens (including phenoxy) is 1. The minimum absolute atomic E-state index is 0.211. The predicted molar refractivity (Wildman–Crippen MR) is 88.3 cm³/mol. The summed E-state index contributed by atoms with van der Waals surface area (Å²) >= 11 is 6.10. The summed E-state index contributed by atoms with van der Waals surface area (Å²) in [7, 11) is 0. The highest BCUT2D eigenvalue weighted by atomic mass is 35.5. The van der Waals surface area contributed by atoms with Crippen LogP contribution in [0.5, 0.6) is 5.75 Å². The molecule has 8 heteroatoms. The van der Waals surface area contributed by atoms with Gasteiger partial charge in [-0.15, -0.1) is 0 Å². The van der Waals surface area contributed by atoms with E-state index in [2.05, 4.69) is 10.6 Å². The number of fused-ring (bicyclic) bond motifs is 1. The Hall–Kier alpha value is -2.77. The van der Waals surface area contributed by atoms with Gasteiger partial charge >= 0.3 is 0 Å². The van der Waals surface area contributed by atoms with Crippen LogP contribution < -0.4 is 20.9 Å². The number of amides is 2. The highest BCUT2D eigenvalue weighted by Gasteiger charge is 2.30. The largest absolute Gasteiger partial charge is 0.482 e. The molecule has 1 unspecified atom stereocenters. The van der Waals surface area contributed by atoms with Crippen LogP contribution in [-0.4, -0.2) is 23.6 Å². The van der Waals surface area contributed by atoms with Crippen LogP contribution in [0.3, 0.4) is 0 Å². The zero-order valence-corrected chi connectivity index (χ0v) is 13.1. The molecule has 0 fully saturated rings. The number of halogens is 1. The second kappa shape index (κ2) is 6.77. The predicted octanol–water partition coefficient (Wildman–Crippen LogP) is 2.33. The van der Waals surface area contributed by atoms with Crippen LogP contribution in [0.4, 0.5) is 11.4 Å². The Labute approximate surface area is 142 Å². The highest BCUT2D eigenvalue weighted by molar-refractivity contribution is 6.32. The number of anilines is 2. The van der Waals surface area contributed by atoms with Crippen molar-refractivity contribution in [2.45, 2.75) is 6.04 Å². The summed E-state index contributed by atoms with van der Waals surface area (Å²) in [5.74, 6) is -0.526. The first-order valence-electron chi connectivity index (χ1n) is 7.10. The van der Waals surface area contributed by atoms with E-state index in [1.54, 1.807) is 42.5 Å². The average molecular weight is 348 g/mol. The zero-order valence-electron chi connectivity index (χ0n) is 12.4. The van der Waals surface area contributed by atoms with Crippen LogP contribution >= 0.6 is 11.6 Å². The first-order valence-corrected chi connectivity index (χ1v) is 7.48. The molecule has 4 N–H and O–H groups in total. The smallest absolute Gasteiger partial charge is 0.258 e. The number of para-hydroxylation sites is 1. The van der Waals surface area contributed by atoms with E-state index in [0.29, 0.717) is 27.7 Å².